The van der Waals surface area contributed by atoms with Crippen molar-refractivity contribution in [1.29, 1.82) is 0 Å². The van der Waals surface area contributed by atoms with E-state index in [0.717, 1.165) is 43.6 Å². The zero-order valence-electron chi connectivity index (χ0n) is 13.8. The molecule has 0 heterocycles. The van der Waals surface area contributed by atoms with Crippen molar-refractivity contribution >= 4 is 5.97 Å². The zero-order chi connectivity index (χ0) is 16.2. The number of rotatable bonds is 4. The molecule has 0 aromatic heterocycles. The summed E-state index contributed by atoms with van der Waals surface area (Å²) >= 11 is 0. The summed E-state index contributed by atoms with van der Waals surface area (Å²) in [4.78, 5) is 12.0. The molecule has 23 heavy (non-hydrogen) atoms. The van der Waals surface area contributed by atoms with E-state index in [1.165, 1.54) is 12.0 Å². The number of aliphatic carboxylic acids is 1. The van der Waals surface area contributed by atoms with Crippen molar-refractivity contribution in [2.45, 2.75) is 43.9 Å². The highest BCUT2D eigenvalue weighted by Crippen LogP contribution is 2.66. The maximum atomic E-state index is 12.0. The molecule has 0 amide bonds. The molecule has 4 aliphatic carbocycles. The van der Waals surface area contributed by atoms with Gasteiger partial charge in [-0.15, -0.1) is 0 Å². The zero-order valence-corrected chi connectivity index (χ0v) is 13.8. The topological polar surface area (TPSA) is 55.8 Å². The summed E-state index contributed by atoms with van der Waals surface area (Å²) in [6.07, 6.45) is 5.96. The first kappa shape index (κ1) is 14.9. The minimum Gasteiger partial charge on any atom is -0.493 e. The minimum absolute atomic E-state index is 0.00201. The summed E-state index contributed by atoms with van der Waals surface area (Å²) in [5.74, 6) is 2.00. The van der Waals surface area contributed by atoms with Crippen molar-refractivity contribution in [3.63, 3.8) is 0 Å². The third kappa shape index (κ3) is 2.07. The van der Waals surface area contributed by atoms with Crippen LogP contribution in [0.25, 0.3) is 0 Å². The number of hydrogen-bond acceptors (Lipinski definition) is 3. The smallest absolute Gasteiger partial charge is 0.309 e. The first-order chi connectivity index (χ1) is 11.0. The van der Waals surface area contributed by atoms with Crippen molar-refractivity contribution in [2.24, 2.45) is 17.3 Å². The lowest BCUT2D eigenvalue weighted by atomic mass is 9.43. The van der Waals surface area contributed by atoms with E-state index in [9.17, 15) is 9.90 Å². The van der Waals surface area contributed by atoms with Gasteiger partial charge < -0.3 is 14.6 Å². The average molecular weight is 316 g/mol. The van der Waals surface area contributed by atoms with Gasteiger partial charge in [-0.05, 0) is 73.5 Å². The van der Waals surface area contributed by atoms with E-state index in [0.29, 0.717) is 11.8 Å². The summed E-state index contributed by atoms with van der Waals surface area (Å²) in [6, 6.07) is 6.14. The molecule has 1 aromatic rings. The molecule has 4 fully saturated rings. The highest BCUT2D eigenvalue weighted by molar-refractivity contribution is 5.76. The van der Waals surface area contributed by atoms with Crippen LogP contribution in [0.15, 0.2) is 18.2 Å². The molecule has 2 atom stereocenters. The van der Waals surface area contributed by atoms with Gasteiger partial charge in [0.2, 0.25) is 0 Å². The van der Waals surface area contributed by atoms with Crippen LogP contribution in [-0.4, -0.2) is 25.3 Å². The number of carbonyl (C=O) groups is 1. The van der Waals surface area contributed by atoms with Gasteiger partial charge in [0, 0.05) is 0 Å². The molecule has 5 rings (SSSR count). The van der Waals surface area contributed by atoms with Gasteiger partial charge in [0.1, 0.15) is 0 Å². The van der Waals surface area contributed by atoms with Crippen LogP contribution in [0.1, 0.15) is 44.1 Å². The van der Waals surface area contributed by atoms with Crippen molar-refractivity contribution in [2.75, 3.05) is 14.2 Å². The molecule has 4 bridgehead atoms. The molecule has 0 aliphatic heterocycles. The highest BCUT2D eigenvalue weighted by atomic mass is 16.5. The Morgan fingerprint density at radius 3 is 2.30 bits per heavy atom. The third-order valence-electron chi connectivity index (χ3n) is 6.51. The second-order valence-corrected chi connectivity index (χ2v) is 7.90. The van der Waals surface area contributed by atoms with E-state index >= 15 is 0 Å². The standard InChI is InChI=1S/C19H24O4/c1-22-15-4-3-14(6-16(15)23-2)18-7-12-5-13(8-18)10-19(9-12,11-18)17(20)21/h3-4,6,12-13H,5,7-11H2,1-2H3,(H,20,21)/t12-,13-,18?,19?/m1/s1. The van der Waals surface area contributed by atoms with E-state index in [1.807, 2.05) is 6.07 Å². The molecule has 4 heteroatoms. The lowest BCUT2D eigenvalue weighted by molar-refractivity contribution is -0.167. The van der Waals surface area contributed by atoms with Gasteiger partial charge in [0.15, 0.2) is 11.5 Å². The number of carboxylic acids is 1. The van der Waals surface area contributed by atoms with Crippen LogP contribution in [0.3, 0.4) is 0 Å². The Hall–Kier alpha value is -1.71. The summed E-state index contributed by atoms with van der Waals surface area (Å²) in [5.41, 5.74) is 0.731. The van der Waals surface area contributed by atoms with Gasteiger partial charge in [-0.1, -0.05) is 6.07 Å². The van der Waals surface area contributed by atoms with Gasteiger partial charge in [-0.2, -0.15) is 0 Å². The lowest BCUT2D eigenvalue weighted by Gasteiger charge is -2.60. The summed E-state index contributed by atoms with van der Waals surface area (Å²) in [6.45, 7) is 0. The molecule has 4 nitrogen and oxygen atoms in total. The first-order valence-electron chi connectivity index (χ1n) is 8.46. The van der Waals surface area contributed by atoms with Crippen molar-refractivity contribution in [3.05, 3.63) is 23.8 Å². The van der Waals surface area contributed by atoms with Crippen molar-refractivity contribution in [1.82, 2.24) is 0 Å². The average Bonchev–Trinajstić information content (AvgIpc) is 2.52. The van der Waals surface area contributed by atoms with Gasteiger partial charge in [0.25, 0.3) is 0 Å². The van der Waals surface area contributed by atoms with Crippen LogP contribution >= 0.6 is 0 Å². The monoisotopic (exact) mass is 316 g/mol. The summed E-state index contributed by atoms with van der Waals surface area (Å²) in [7, 11) is 3.29. The maximum absolute atomic E-state index is 12.0. The molecule has 0 spiro atoms. The van der Waals surface area contributed by atoms with Crippen molar-refractivity contribution in [3.8, 4) is 11.5 Å². The quantitative estimate of drug-likeness (QED) is 0.921. The molecular formula is C19H24O4. The Labute approximate surface area is 136 Å². The second-order valence-electron chi connectivity index (χ2n) is 7.90. The second kappa shape index (κ2) is 4.89. The van der Waals surface area contributed by atoms with Gasteiger partial charge in [-0.3, -0.25) is 4.79 Å². The number of benzene rings is 1. The third-order valence-corrected chi connectivity index (χ3v) is 6.51. The fraction of sp³-hybridized carbons (Fsp3) is 0.632. The van der Waals surface area contributed by atoms with E-state index in [2.05, 4.69) is 12.1 Å². The largest absolute Gasteiger partial charge is 0.493 e. The van der Waals surface area contributed by atoms with Gasteiger partial charge in [0.05, 0.1) is 19.6 Å². The number of hydrogen-bond donors (Lipinski definition) is 1. The molecular weight excluding hydrogens is 292 g/mol. The Kier molecular flexibility index (Phi) is 3.16. The SMILES string of the molecule is COc1ccc(C23C[C@H]4C[C@@H](CC(C(=O)O)(C4)C2)C3)cc1OC. The first-order valence-corrected chi connectivity index (χ1v) is 8.46. The molecule has 0 saturated heterocycles. The van der Waals surface area contributed by atoms with E-state index in [-0.39, 0.29) is 5.41 Å². The maximum Gasteiger partial charge on any atom is 0.309 e. The van der Waals surface area contributed by atoms with Crippen LogP contribution in [0.2, 0.25) is 0 Å². The predicted octanol–water partition coefficient (Wildman–Crippen LogP) is 3.63. The molecule has 4 aliphatic rings. The van der Waals surface area contributed by atoms with Gasteiger partial charge in [-0.25, -0.2) is 0 Å². The Bertz CT molecular complexity index is 637. The molecule has 4 saturated carbocycles. The van der Waals surface area contributed by atoms with Crippen LogP contribution in [0.5, 0.6) is 11.5 Å². The molecule has 0 radical (unpaired) electrons. The summed E-state index contributed by atoms with van der Waals surface area (Å²) < 4.78 is 10.8. The van der Waals surface area contributed by atoms with E-state index in [1.54, 1.807) is 14.2 Å². The lowest BCUT2D eigenvalue weighted by Crippen LogP contribution is -2.56. The van der Waals surface area contributed by atoms with Crippen LogP contribution in [0.4, 0.5) is 0 Å². The Morgan fingerprint density at radius 1 is 1.09 bits per heavy atom. The minimum atomic E-state index is -0.587. The van der Waals surface area contributed by atoms with Crippen LogP contribution < -0.4 is 9.47 Å². The Morgan fingerprint density at radius 2 is 1.74 bits per heavy atom. The number of methoxy groups -OCH3 is 2. The van der Waals surface area contributed by atoms with Gasteiger partial charge >= 0.3 is 5.97 Å². The molecule has 124 valence electrons. The predicted molar refractivity (Wildman–Crippen MR) is 86.0 cm³/mol. The highest BCUT2D eigenvalue weighted by Gasteiger charge is 2.61. The van der Waals surface area contributed by atoms with Crippen LogP contribution in [0, 0.1) is 17.3 Å². The summed E-state index contributed by atoms with van der Waals surface area (Å²) in [5, 5.41) is 9.88. The van der Waals surface area contributed by atoms with E-state index < -0.39 is 11.4 Å². The number of carboxylic acid groups (broad SMARTS) is 1. The fourth-order valence-electron chi connectivity index (χ4n) is 6.02. The molecule has 0 unspecified atom stereocenters. The number of ether oxygens (including phenoxy) is 2. The van der Waals surface area contributed by atoms with Crippen LogP contribution in [-0.2, 0) is 10.2 Å². The normalized spacial score (nSPS) is 37.7. The fourth-order valence-corrected chi connectivity index (χ4v) is 6.02. The Balaban J connectivity index is 1.77. The van der Waals surface area contributed by atoms with Crippen molar-refractivity contribution < 1.29 is 19.4 Å². The molecule has 1 N–H and O–H groups in total. The molecule has 1 aromatic carbocycles. The van der Waals surface area contributed by atoms with E-state index in [4.69, 9.17) is 9.47 Å².